The van der Waals surface area contributed by atoms with Crippen molar-refractivity contribution in [1.29, 1.82) is 5.26 Å². The highest BCUT2D eigenvalue weighted by Crippen LogP contribution is 2.31. The molecule has 0 saturated heterocycles. The molecule has 1 aromatic carbocycles. The zero-order chi connectivity index (χ0) is 15.4. The number of nitriles is 1. The summed E-state index contributed by atoms with van der Waals surface area (Å²) in [5, 5.41) is 19.7. The number of rotatable bonds is 4. The second kappa shape index (κ2) is 5.79. The van der Waals surface area contributed by atoms with E-state index in [2.05, 4.69) is 4.98 Å². The molecule has 0 aliphatic carbocycles. The molecular formula is C14H9N3O4. The number of nitro benzene ring substituents is 1. The molecule has 2 rings (SSSR count). The number of hydrogen-bond acceptors (Lipinski definition) is 6. The standard InChI is InChI=1S/C14H9N3O4/c1-9(18)12-4-3-11(8-16-12)21-14-5-2-10(7-15)6-13(14)17(19)20/h2-6,8H,1H3. The number of Topliss-reactive ketones (excluding diaryl/α,β-unsaturated/α-hetero) is 1. The lowest BCUT2D eigenvalue weighted by molar-refractivity contribution is -0.385. The Morgan fingerprint density at radius 1 is 1.38 bits per heavy atom. The summed E-state index contributed by atoms with van der Waals surface area (Å²) in [4.78, 5) is 25.3. The first-order chi connectivity index (χ1) is 10.0. The van der Waals surface area contributed by atoms with Gasteiger partial charge in [0.05, 0.1) is 22.8 Å². The fourth-order valence-corrected chi connectivity index (χ4v) is 1.59. The van der Waals surface area contributed by atoms with Crippen molar-refractivity contribution in [3.63, 3.8) is 0 Å². The van der Waals surface area contributed by atoms with Crippen LogP contribution in [0.15, 0.2) is 36.5 Å². The van der Waals surface area contributed by atoms with Crippen LogP contribution in [0, 0.1) is 21.4 Å². The van der Waals surface area contributed by atoms with Gasteiger partial charge in [-0.3, -0.25) is 14.9 Å². The van der Waals surface area contributed by atoms with Crippen LogP contribution in [0.4, 0.5) is 5.69 Å². The Bertz CT molecular complexity index is 748. The SMILES string of the molecule is CC(=O)c1ccc(Oc2ccc(C#N)cc2[N+](=O)[O-])cn1. The van der Waals surface area contributed by atoms with Crippen LogP contribution in [-0.4, -0.2) is 15.7 Å². The molecule has 0 aliphatic rings. The normalized spacial score (nSPS) is 9.71. The molecule has 0 radical (unpaired) electrons. The van der Waals surface area contributed by atoms with Crippen molar-refractivity contribution >= 4 is 11.5 Å². The molecule has 104 valence electrons. The van der Waals surface area contributed by atoms with E-state index in [4.69, 9.17) is 10.00 Å². The Kier molecular flexibility index (Phi) is 3.90. The van der Waals surface area contributed by atoms with E-state index in [1.54, 1.807) is 0 Å². The van der Waals surface area contributed by atoms with Crippen LogP contribution in [0.2, 0.25) is 0 Å². The van der Waals surface area contributed by atoms with Crippen LogP contribution in [-0.2, 0) is 0 Å². The number of carbonyl (C=O) groups excluding carboxylic acids is 1. The number of pyridine rings is 1. The Hall–Kier alpha value is -3.27. The maximum Gasteiger partial charge on any atom is 0.312 e. The monoisotopic (exact) mass is 283 g/mol. The van der Waals surface area contributed by atoms with Gasteiger partial charge in [0.1, 0.15) is 11.4 Å². The van der Waals surface area contributed by atoms with Gasteiger partial charge in [-0.25, -0.2) is 4.98 Å². The highest BCUT2D eigenvalue weighted by molar-refractivity contribution is 5.92. The minimum absolute atomic E-state index is 0.00336. The Morgan fingerprint density at radius 2 is 2.14 bits per heavy atom. The van der Waals surface area contributed by atoms with Gasteiger partial charge in [-0.15, -0.1) is 0 Å². The molecule has 0 N–H and O–H groups in total. The van der Waals surface area contributed by atoms with Gasteiger partial charge in [0.25, 0.3) is 0 Å². The summed E-state index contributed by atoms with van der Waals surface area (Å²) >= 11 is 0. The second-order valence-electron chi connectivity index (χ2n) is 4.09. The van der Waals surface area contributed by atoms with E-state index >= 15 is 0 Å². The molecule has 21 heavy (non-hydrogen) atoms. The first-order valence-corrected chi connectivity index (χ1v) is 5.84. The van der Waals surface area contributed by atoms with E-state index in [1.165, 1.54) is 37.4 Å². The lowest BCUT2D eigenvalue weighted by Gasteiger charge is -2.06. The van der Waals surface area contributed by atoms with Gasteiger partial charge in [-0.05, 0) is 24.3 Å². The first kappa shape index (κ1) is 14.1. The van der Waals surface area contributed by atoms with E-state index in [0.29, 0.717) is 0 Å². The molecule has 0 fully saturated rings. The Labute approximate surface area is 119 Å². The summed E-state index contributed by atoms with van der Waals surface area (Å²) in [6.07, 6.45) is 1.30. The van der Waals surface area contributed by atoms with E-state index in [9.17, 15) is 14.9 Å². The Morgan fingerprint density at radius 3 is 2.67 bits per heavy atom. The molecule has 7 nitrogen and oxygen atoms in total. The predicted molar refractivity (Wildman–Crippen MR) is 72.1 cm³/mol. The van der Waals surface area contributed by atoms with Gasteiger partial charge in [0.15, 0.2) is 5.78 Å². The average Bonchev–Trinajstić information content (AvgIpc) is 2.48. The van der Waals surface area contributed by atoms with E-state index < -0.39 is 4.92 Å². The molecule has 0 spiro atoms. The van der Waals surface area contributed by atoms with Crippen LogP contribution < -0.4 is 4.74 Å². The third-order valence-electron chi connectivity index (χ3n) is 2.61. The smallest absolute Gasteiger partial charge is 0.312 e. The van der Waals surface area contributed by atoms with Gasteiger partial charge >= 0.3 is 5.69 Å². The zero-order valence-corrected chi connectivity index (χ0v) is 10.9. The number of carbonyl (C=O) groups is 1. The maximum atomic E-state index is 11.1. The summed E-state index contributed by atoms with van der Waals surface area (Å²) in [5.74, 6) is 0.0649. The lowest BCUT2D eigenvalue weighted by atomic mass is 10.2. The number of ether oxygens (including phenoxy) is 1. The van der Waals surface area contributed by atoms with Crippen molar-refractivity contribution in [3.05, 3.63) is 57.9 Å². The van der Waals surface area contributed by atoms with Gasteiger partial charge in [0, 0.05) is 13.0 Å². The fraction of sp³-hybridized carbons (Fsp3) is 0.0714. The van der Waals surface area contributed by atoms with Crippen molar-refractivity contribution in [2.45, 2.75) is 6.92 Å². The van der Waals surface area contributed by atoms with Crippen molar-refractivity contribution in [2.24, 2.45) is 0 Å². The number of aromatic nitrogens is 1. The lowest BCUT2D eigenvalue weighted by Crippen LogP contribution is -1.97. The van der Waals surface area contributed by atoms with Crippen LogP contribution in [0.3, 0.4) is 0 Å². The minimum Gasteiger partial charge on any atom is -0.449 e. The van der Waals surface area contributed by atoms with Crippen molar-refractivity contribution in [1.82, 2.24) is 4.98 Å². The summed E-state index contributed by atoms with van der Waals surface area (Å²) in [7, 11) is 0. The quantitative estimate of drug-likeness (QED) is 0.485. The largest absolute Gasteiger partial charge is 0.449 e. The molecule has 2 aromatic rings. The number of hydrogen-bond donors (Lipinski definition) is 0. The molecule has 1 heterocycles. The summed E-state index contributed by atoms with van der Waals surface area (Å²) < 4.78 is 5.38. The second-order valence-corrected chi connectivity index (χ2v) is 4.09. The maximum absolute atomic E-state index is 11.1. The van der Waals surface area contributed by atoms with Crippen LogP contribution in [0.25, 0.3) is 0 Å². The highest BCUT2D eigenvalue weighted by Gasteiger charge is 2.17. The van der Waals surface area contributed by atoms with Crippen LogP contribution in [0.5, 0.6) is 11.5 Å². The minimum atomic E-state index is -0.631. The van der Waals surface area contributed by atoms with E-state index in [0.717, 1.165) is 6.07 Å². The topological polar surface area (TPSA) is 106 Å². The number of nitrogens with zero attached hydrogens (tertiary/aromatic N) is 3. The average molecular weight is 283 g/mol. The fourth-order valence-electron chi connectivity index (χ4n) is 1.59. The molecule has 0 amide bonds. The van der Waals surface area contributed by atoms with Crippen LogP contribution in [0.1, 0.15) is 23.0 Å². The summed E-state index contributed by atoms with van der Waals surface area (Å²) in [6, 6.07) is 8.67. The molecule has 0 bridgehead atoms. The Balaban J connectivity index is 2.33. The highest BCUT2D eigenvalue weighted by atomic mass is 16.6. The zero-order valence-electron chi connectivity index (χ0n) is 10.9. The molecule has 0 unspecified atom stereocenters. The van der Waals surface area contributed by atoms with E-state index in [-0.39, 0.29) is 34.2 Å². The molecule has 7 heteroatoms. The third-order valence-corrected chi connectivity index (χ3v) is 2.61. The first-order valence-electron chi connectivity index (χ1n) is 5.84. The van der Waals surface area contributed by atoms with Crippen molar-refractivity contribution < 1.29 is 14.5 Å². The molecule has 0 aliphatic heterocycles. The predicted octanol–water partition coefficient (Wildman–Crippen LogP) is 2.86. The molecule has 0 saturated carbocycles. The summed E-state index contributed by atoms with van der Waals surface area (Å²) in [6.45, 7) is 1.38. The van der Waals surface area contributed by atoms with Crippen LogP contribution >= 0.6 is 0 Å². The molecule has 0 atom stereocenters. The molecular weight excluding hydrogens is 274 g/mol. The van der Waals surface area contributed by atoms with Gasteiger partial charge in [-0.1, -0.05) is 0 Å². The van der Waals surface area contributed by atoms with Gasteiger partial charge in [-0.2, -0.15) is 5.26 Å². The molecule has 1 aromatic heterocycles. The van der Waals surface area contributed by atoms with Crippen molar-refractivity contribution in [2.75, 3.05) is 0 Å². The summed E-state index contributed by atoms with van der Waals surface area (Å²) in [5.41, 5.74) is 0.125. The van der Waals surface area contributed by atoms with Crippen molar-refractivity contribution in [3.8, 4) is 17.6 Å². The van der Waals surface area contributed by atoms with Gasteiger partial charge < -0.3 is 4.74 Å². The van der Waals surface area contributed by atoms with Gasteiger partial charge in [0.2, 0.25) is 5.75 Å². The number of benzene rings is 1. The van der Waals surface area contributed by atoms with E-state index in [1.807, 2.05) is 6.07 Å². The number of ketones is 1. The number of nitro groups is 1. The third kappa shape index (κ3) is 3.19.